The van der Waals surface area contributed by atoms with Gasteiger partial charge < -0.3 is 14.6 Å². The molecule has 0 bridgehead atoms. The van der Waals surface area contributed by atoms with E-state index in [0.29, 0.717) is 26.2 Å². The first-order valence-electron chi connectivity index (χ1n) is 5.77. The Morgan fingerprint density at radius 3 is 2.62 bits per heavy atom. The molecule has 0 aliphatic carbocycles. The molecule has 0 aliphatic heterocycles. The number of aliphatic hydroxyl groups is 1. The molecule has 0 saturated carbocycles. The van der Waals surface area contributed by atoms with Crippen molar-refractivity contribution in [2.75, 3.05) is 19.8 Å². The van der Waals surface area contributed by atoms with Crippen molar-refractivity contribution in [3.63, 3.8) is 0 Å². The van der Waals surface area contributed by atoms with Gasteiger partial charge in [0.25, 0.3) is 0 Å². The predicted octanol–water partition coefficient (Wildman–Crippen LogP) is 2.55. The summed E-state index contributed by atoms with van der Waals surface area (Å²) < 4.78 is 10.7. The van der Waals surface area contributed by atoms with Crippen molar-refractivity contribution in [2.45, 2.75) is 26.4 Å². The maximum absolute atomic E-state index is 9.99. The van der Waals surface area contributed by atoms with Crippen molar-refractivity contribution in [3.8, 4) is 5.75 Å². The summed E-state index contributed by atoms with van der Waals surface area (Å²) in [7, 11) is 0. The third-order valence-corrected chi connectivity index (χ3v) is 2.32. The molecule has 1 unspecified atom stereocenters. The van der Waals surface area contributed by atoms with Gasteiger partial charge in [0.1, 0.15) is 5.75 Å². The van der Waals surface area contributed by atoms with Crippen molar-refractivity contribution in [1.82, 2.24) is 0 Å². The summed E-state index contributed by atoms with van der Waals surface area (Å²) in [5.41, 5.74) is 0.837. The van der Waals surface area contributed by atoms with Crippen molar-refractivity contribution in [2.24, 2.45) is 0 Å². The highest BCUT2D eigenvalue weighted by atomic mass is 16.5. The van der Waals surface area contributed by atoms with Crippen LogP contribution >= 0.6 is 0 Å². The van der Waals surface area contributed by atoms with Crippen LogP contribution in [0.15, 0.2) is 24.3 Å². The predicted molar refractivity (Wildman–Crippen MR) is 63.7 cm³/mol. The smallest absolute Gasteiger partial charge is 0.125 e. The molecule has 0 heterocycles. The zero-order valence-electron chi connectivity index (χ0n) is 9.98. The fourth-order valence-electron chi connectivity index (χ4n) is 1.54. The molecule has 1 N–H and O–H groups in total. The average Bonchev–Trinajstić information content (AvgIpc) is 2.30. The fraction of sp³-hybridized carbons (Fsp3) is 0.538. The van der Waals surface area contributed by atoms with E-state index in [0.717, 1.165) is 11.3 Å². The zero-order chi connectivity index (χ0) is 11.8. The fourth-order valence-corrected chi connectivity index (χ4v) is 1.54. The Morgan fingerprint density at radius 1 is 1.19 bits per heavy atom. The minimum absolute atomic E-state index is 0.519. The van der Waals surface area contributed by atoms with Crippen LogP contribution in [0, 0.1) is 0 Å². The van der Waals surface area contributed by atoms with Gasteiger partial charge in [-0.2, -0.15) is 0 Å². The van der Waals surface area contributed by atoms with Gasteiger partial charge in [-0.25, -0.2) is 0 Å². The Labute approximate surface area is 97.0 Å². The maximum Gasteiger partial charge on any atom is 0.125 e. The van der Waals surface area contributed by atoms with E-state index in [1.807, 2.05) is 38.1 Å². The lowest BCUT2D eigenvalue weighted by molar-refractivity contribution is 0.0870. The van der Waals surface area contributed by atoms with Gasteiger partial charge in [-0.3, -0.25) is 0 Å². The minimum Gasteiger partial charge on any atom is -0.493 e. The highest BCUT2D eigenvalue weighted by Crippen LogP contribution is 2.26. The lowest BCUT2D eigenvalue weighted by Crippen LogP contribution is -2.06. The number of aliphatic hydroxyl groups excluding tert-OH is 1. The summed E-state index contributed by atoms with van der Waals surface area (Å²) in [6, 6.07) is 7.58. The highest BCUT2D eigenvalue weighted by molar-refractivity contribution is 5.34. The van der Waals surface area contributed by atoms with E-state index in [9.17, 15) is 5.11 Å². The first-order valence-corrected chi connectivity index (χ1v) is 5.77. The van der Waals surface area contributed by atoms with E-state index in [-0.39, 0.29) is 0 Å². The first-order chi connectivity index (χ1) is 7.79. The Balaban J connectivity index is 2.62. The Kier molecular flexibility index (Phi) is 5.90. The van der Waals surface area contributed by atoms with E-state index < -0.39 is 6.10 Å². The summed E-state index contributed by atoms with van der Waals surface area (Å²) in [6.45, 7) is 5.73. The first kappa shape index (κ1) is 13.0. The summed E-state index contributed by atoms with van der Waals surface area (Å²) in [6.07, 6.45) is 0.0760. The molecule has 0 aliphatic rings. The molecule has 0 aromatic heterocycles. The molecular weight excluding hydrogens is 204 g/mol. The maximum atomic E-state index is 9.99. The Bertz CT molecular complexity index is 299. The van der Waals surface area contributed by atoms with Crippen LogP contribution in [0.3, 0.4) is 0 Å². The summed E-state index contributed by atoms with van der Waals surface area (Å²) >= 11 is 0. The molecule has 0 amide bonds. The largest absolute Gasteiger partial charge is 0.493 e. The minimum atomic E-state index is -0.519. The normalized spacial score (nSPS) is 12.4. The molecule has 1 aromatic carbocycles. The van der Waals surface area contributed by atoms with E-state index in [4.69, 9.17) is 9.47 Å². The average molecular weight is 224 g/mol. The van der Waals surface area contributed by atoms with Crippen LogP contribution < -0.4 is 4.74 Å². The van der Waals surface area contributed by atoms with E-state index in [1.165, 1.54) is 0 Å². The van der Waals surface area contributed by atoms with Crippen molar-refractivity contribution in [3.05, 3.63) is 29.8 Å². The summed E-state index contributed by atoms with van der Waals surface area (Å²) in [4.78, 5) is 0. The third kappa shape index (κ3) is 3.83. The quantitative estimate of drug-likeness (QED) is 0.723. The van der Waals surface area contributed by atoms with E-state index >= 15 is 0 Å². The van der Waals surface area contributed by atoms with Crippen LogP contribution in [0.25, 0.3) is 0 Å². The topological polar surface area (TPSA) is 38.7 Å². The molecule has 3 heteroatoms. The van der Waals surface area contributed by atoms with Crippen LogP contribution in [-0.2, 0) is 4.74 Å². The van der Waals surface area contributed by atoms with Crippen molar-refractivity contribution < 1.29 is 14.6 Å². The molecule has 1 aromatic rings. The lowest BCUT2D eigenvalue weighted by Gasteiger charge is -2.15. The standard InChI is InChI=1S/C13H20O3/c1-3-15-10-9-12(14)11-7-5-6-8-13(11)16-4-2/h5-8,12,14H,3-4,9-10H2,1-2H3. The molecule has 1 rings (SSSR count). The van der Waals surface area contributed by atoms with Gasteiger partial charge in [-0.15, -0.1) is 0 Å². The van der Waals surface area contributed by atoms with Crippen LogP contribution in [0.4, 0.5) is 0 Å². The summed E-state index contributed by atoms with van der Waals surface area (Å²) in [5, 5.41) is 9.99. The lowest BCUT2D eigenvalue weighted by atomic mass is 10.1. The second-order valence-corrected chi connectivity index (χ2v) is 3.47. The number of hydrogen-bond acceptors (Lipinski definition) is 3. The second kappa shape index (κ2) is 7.25. The Morgan fingerprint density at radius 2 is 1.94 bits per heavy atom. The van der Waals surface area contributed by atoms with Gasteiger partial charge in [0, 0.05) is 25.2 Å². The number of hydrogen-bond donors (Lipinski definition) is 1. The molecular formula is C13H20O3. The van der Waals surface area contributed by atoms with Crippen LogP contribution in [0.1, 0.15) is 31.9 Å². The molecule has 0 fully saturated rings. The number of para-hydroxylation sites is 1. The highest BCUT2D eigenvalue weighted by Gasteiger charge is 2.12. The van der Waals surface area contributed by atoms with Crippen molar-refractivity contribution in [1.29, 1.82) is 0 Å². The van der Waals surface area contributed by atoms with Crippen molar-refractivity contribution >= 4 is 0 Å². The number of rotatable bonds is 7. The Hall–Kier alpha value is -1.06. The molecule has 3 nitrogen and oxygen atoms in total. The van der Waals surface area contributed by atoms with Gasteiger partial charge in [0.15, 0.2) is 0 Å². The number of ether oxygens (including phenoxy) is 2. The van der Waals surface area contributed by atoms with E-state index in [1.54, 1.807) is 0 Å². The molecule has 1 atom stereocenters. The summed E-state index contributed by atoms with van der Waals surface area (Å²) in [5.74, 6) is 0.758. The SMILES string of the molecule is CCOCCC(O)c1ccccc1OCC. The van der Waals surface area contributed by atoms with Gasteiger partial charge >= 0.3 is 0 Å². The van der Waals surface area contributed by atoms with Crippen LogP contribution in [0.2, 0.25) is 0 Å². The molecule has 0 radical (unpaired) electrons. The van der Waals surface area contributed by atoms with Gasteiger partial charge in [-0.1, -0.05) is 18.2 Å². The molecule has 0 saturated heterocycles. The molecule has 90 valence electrons. The molecule has 0 spiro atoms. The monoisotopic (exact) mass is 224 g/mol. The number of benzene rings is 1. The second-order valence-electron chi connectivity index (χ2n) is 3.47. The van der Waals surface area contributed by atoms with Gasteiger partial charge in [-0.05, 0) is 19.9 Å². The van der Waals surface area contributed by atoms with Crippen LogP contribution in [-0.4, -0.2) is 24.9 Å². The molecule has 16 heavy (non-hydrogen) atoms. The van der Waals surface area contributed by atoms with E-state index in [2.05, 4.69) is 0 Å². The van der Waals surface area contributed by atoms with Gasteiger partial charge in [0.05, 0.1) is 12.7 Å². The van der Waals surface area contributed by atoms with Crippen LogP contribution in [0.5, 0.6) is 5.75 Å². The third-order valence-electron chi connectivity index (χ3n) is 2.32. The zero-order valence-corrected chi connectivity index (χ0v) is 9.98. The van der Waals surface area contributed by atoms with Gasteiger partial charge in [0.2, 0.25) is 0 Å².